The van der Waals surface area contributed by atoms with E-state index in [0.717, 1.165) is 31.8 Å². The van der Waals surface area contributed by atoms with Gasteiger partial charge in [0.25, 0.3) is 0 Å². The van der Waals surface area contributed by atoms with Gasteiger partial charge in [0.15, 0.2) is 0 Å². The number of hydrogen-bond acceptors (Lipinski definition) is 4. The molecule has 1 aliphatic rings. The highest BCUT2D eigenvalue weighted by atomic mass is 32.1. The van der Waals surface area contributed by atoms with Crippen LogP contribution >= 0.6 is 11.3 Å². The molecule has 1 fully saturated rings. The second kappa shape index (κ2) is 5.75. The van der Waals surface area contributed by atoms with E-state index < -0.39 is 0 Å². The van der Waals surface area contributed by atoms with Gasteiger partial charge >= 0.3 is 0 Å². The van der Waals surface area contributed by atoms with E-state index in [1.807, 2.05) is 13.1 Å². The lowest BCUT2D eigenvalue weighted by Crippen LogP contribution is -2.28. The van der Waals surface area contributed by atoms with E-state index in [1.54, 1.807) is 11.3 Å². The lowest BCUT2D eigenvalue weighted by Gasteiger charge is -2.21. The zero-order valence-electron chi connectivity index (χ0n) is 9.78. The number of hydrogen-bond donors (Lipinski definition) is 2. The number of nitrogens with one attached hydrogen (secondary N) is 1. The van der Waals surface area contributed by atoms with Crippen LogP contribution in [0.25, 0.3) is 0 Å². The largest absolute Gasteiger partial charge is 0.393 e. The Labute approximate surface area is 101 Å². The quantitative estimate of drug-likeness (QED) is 0.840. The highest BCUT2D eigenvalue weighted by Crippen LogP contribution is 2.22. The molecule has 2 heterocycles. The average Bonchev–Trinajstić information content (AvgIpc) is 2.66. The van der Waals surface area contributed by atoms with Crippen LogP contribution in [0.3, 0.4) is 0 Å². The summed E-state index contributed by atoms with van der Waals surface area (Å²) in [6.07, 6.45) is 6.06. The average molecular weight is 240 g/mol. The molecule has 1 aromatic rings. The second-order valence-corrected chi connectivity index (χ2v) is 5.87. The Bertz CT molecular complexity index is 319. The van der Waals surface area contributed by atoms with E-state index in [1.165, 1.54) is 22.7 Å². The molecule has 0 aliphatic carbocycles. The molecule has 90 valence electrons. The summed E-state index contributed by atoms with van der Waals surface area (Å²) in [5, 5.41) is 13.9. The van der Waals surface area contributed by atoms with Crippen molar-refractivity contribution in [1.29, 1.82) is 0 Å². The monoisotopic (exact) mass is 240 g/mol. The molecular formula is C12H20N2OS. The van der Waals surface area contributed by atoms with Crippen molar-refractivity contribution >= 4 is 11.3 Å². The summed E-state index contributed by atoms with van der Waals surface area (Å²) in [7, 11) is 0. The molecule has 1 aliphatic heterocycles. The molecule has 2 rings (SSSR count). The molecule has 0 radical (unpaired) electrons. The van der Waals surface area contributed by atoms with Crippen molar-refractivity contribution in [2.75, 3.05) is 13.1 Å². The van der Waals surface area contributed by atoms with E-state index in [-0.39, 0.29) is 6.10 Å². The van der Waals surface area contributed by atoms with Crippen molar-refractivity contribution < 1.29 is 5.11 Å². The number of rotatable bonds is 4. The molecule has 0 saturated carbocycles. The summed E-state index contributed by atoms with van der Waals surface area (Å²) < 4.78 is 0. The van der Waals surface area contributed by atoms with Crippen molar-refractivity contribution in [3.63, 3.8) is 0 Å². The van der Waals surface area contributed by atoms with Gasteiger partial charge in [-0.25, -0.2) is 4.98 Å². The van der Waals surface area contributed by atoms with Gasteiger partial charge in [-0.2, -0.15) is 0 Å². The van der Waals surface area contributed by atoms with Crippen LogP contribution in [0.2, 0.25) is 0 Å². The minimum Gasteiger partial charge on any atom is -0.393 e. The molecular weight excluding hydrogens is 220 g/mol. The van der Waals surface area contributed by atoms with Crippen LogP contribution in [0.4, 0.5) is 0 Å². The highest BCUT2D eigenvalue weighted by molar-refractivity contribution is 7.11. The van der Waals surface area contributed by atoms with Gasteiger partial charge in [-0.3, -0.25) is 0 Å². The minimum absolute atomic E-state index is 0.257. The van der Waals surface area contributed by atoms with Gasteiger partial charge < -0.3 is 10.4 Å². The fourth-order valence-corrected chi connectivity index (χ4v) is 3.32. The summed E-state index contributed by atoms with van der Waals surface area (Å²) in [5.41, 5.74) is 0. The maximum atomic E-state index is 9.31. The smallest absolute Gasteiger partial charge is 0.0930 e. The summed E-state index contributed by atoms with van der Waals surface area (Å²) in [5.74, 6) is 0.798. The van der Waals surface area contributed by atoms with Crippen LogP contribution < -0.4 is 5.32 Å². The number of aliphatic hydroxyl groups excluding tert-OH is 1. The van der Waals surface area contributed by atoms with Gasteiger partial charge in [-0.15, -0.1) is 11.3 Å². The topological polar surface area (TPSA) is 45.2 Å². The lowest BCUT2D eigenvalue weighted by atomic mass is 9.95. The van der Waals surface area contributed by atoms with Crippen molar-refractivity contribution in [2.45, 2.75) is 38.7 Å². The Morgan fingerprint density at radius 3 is 3.00 bits per heavy atom. The van der Waals surface area contributed by atoms with Gasteiger partial charge in [0.2, 0.25) is 0 Å². The molecule has 2 N–H and O–H groups in total. The predicted molar refractivity (Wildman–Crippen MR) is 66.8 cm³/mol. The normalized spacial score (nSPS) is 19.9. The van der Waals surface area contributed by atoms with Crippen LogP contribution in [0.15, 0.2) is 6.20 Å². The molecule has 4 heteroatoms. The van der Waals surface area contributed by atoms with Crippen molar-refractivity contribution in [1.82, 2.24) is 10.3 Å². The lowest BCUT2D eigenvalue weighted by molar-refractivity contribution is 0.196. The number of aliphatic hydroxyl groups is 1. The van der Waals surface area contributed by atoms with E-state index in [9.17, 15) is 5.11 Å². The first-order valence-electron chi connectivity index (χ1n) is 6.06. The Morgan fingerprint density at radius 2 is 2.31 bits per heavy atom. The van der Waals surface area contributed by atoms with Crippen molar-refractivity contribution in [3.05, 3.63) is 16.1 Å². The number of nitrogens with zero attached hydrogens (tertiary/aromatic N) is 1. The Kier molecular flexibility index (Phi) is 4.32. The van der Waals surface area contributed by atoms with Gasteiger partial charge in [-0.05, 0) is 38.8 Å². The SMILES string of the molecule is CC(O)Cc1cnc(CC2CCNCC2)s1. The third-order valence-corrected chi connectivity index (χ3v) is 4.06. The predicted octanol–water partition coefficient (Wildman–Crippen LogP) is 1.61. The van der Waals surface area contributed by atoms with E-state index >= 15 is 0 Å². The maximum Gasteiger partial charge on any atom is 0.0930 e. The first kappa shape index (κ1) is 12.0. The standard InChI is InChI=1S/C12H20N2OS/c1-9(15)6-11-8-14-12(16-11)7-10-2-4-13-5-3-10/h8-10,13,15H,2-7H2,1H3. The van der Waals surface area contributed by atoms with Gasteiger partial charge in [0, 0.05) is 23.9 Å². The Balaban J connectivity index is 1.86. The van der Waals surface area contributed by atoms with Crippen LogP contribution in [-0.4, -0.2) is 29.3 Å². The fraction of sp³-hybridized carbons (Fsp3) is 0.750. The van der Waals surface area contributed by atoms with Crippen LogP contribution in [0.5, 0.6) is 0 Å². The third kappa shape index (κ3) is 3.54. The molecule has 1 unspecified atom stereocenters. The van der Waals surface area contributed by atoms with Crippen LogP contribution in [0.1, 0.15) is 29.7 Å². The van der Waals surface area contributed by atoms with E-state index in [4.69, 9.17) is 0 Å². The molecule has 16 heavy (non-hydrogen) atoms. The molecule has 1 atom stereocenters. The van der Waals surface area contributed by atoms with Crippen molar-refractivity contribution in [3.8, 4) is 0 Å². The molecule has 0 aromatic carbocycles. The Morgan fingerprint density at radius 1 is 1.56 bits per heavy atom. The summed E-state index contributed by atoms with van der Waals surface area (Å²) >= 11 is 1.76. The maximum absolute atomic E-state index is 9.31. The minimum atomic E-state index is -0.257. The van der Waals surface area contributed by atoms with Crippen LogP contribution in [-0.2, 0) is 12.8 Å². The molecule has 3 nitrogen and oxygen atoms in total. The molecule has 0 amide bonds. The molecule has 0 bridgehead atoms. The molecule has 1 aromatic heterocycles. The van der Waals surface area contributed by atoms with E-state index in [2.05, 4.69) is 10.3 Å². The number of thiazole rings is 1. The molecule has 0 spiro atoms. The Hall–Kier alpha value is -0.450. The molecule has 1 saturated heterocycles. The first-order valence-corrected chi connectivity index (χ1v) is 6.88. The van der Waals surface area contributed by atoms with E-state index in [0.29, 0.717) is 0 Å². The fourth-order valence-electron chi connectivity index (χ4n) is 2.16. The number of piperidine rings is 1. The van der Waals surface area contributed by atoms with Gasteiger partial charge in [-0.1, -0.05) is 0 Å². The summed E-state index contributed by atoms with van der Waals surface area (Å²) in [4.78, 5) is 5.66. The zero-order chi connectivity index (χ0) is 11.4. The van der Waals surface area contributed by atoms with Crippen LogP contribution in [0, 0.1) is 5.92 Å². The third-order valence-electron chi connectivity index (χ3n) is 3.02. The summed E-state index contributed by atoms with van der Waals surface area (Å²) in [6, 6.07) is 0. The zero-order valence-corrected chi connectivity index (χ0v) is 10.6. The second-order valence-electron chi connectivity index (χ2n) is 4.67. The van der Waals surface area contributed by atoms with Gasteiger partial charge in [0.1, 0.15) is 0 Å². The van der Waals surface area contributed by atoms with Gasteiger partial charge in [0.05, 0.1) is 11.1 Å². The highest BCUT2D eigenvalue weighted by Gasteiger charge is 2.15. The first-order chi connectivity index (χ1) is 7.74. The summed E-state index contributed by atoms with van der Waals surface area (Å²) in [6.45, 7) is 4.12. The van der Waals surface area contributed by atoms with Crippen molar-refractivity contribution in [2.24, 2.45) is 5.92 Å². The number of aromatic nitrogens is 1.